The molecule has 1 N–H and O–H groups in total. The number of hydrogen-bond acceptors (Lipinski definition) is 5. The summed E-state index contributed by atoms with van der Waals surface area (Å²) in [5, 5.41) is 4.41. The number of Topliss-reactive ketones (excluding diaryl/α,β-unsaturated/α-hetero) is 1. The van der Waals surface area contributed by atoms with Crippen molar-refractivity contribution < 1.29 is 19.1 Å². The Morgan fingerprint density at radius 1 is 0.939 bits per heavy atom. The van der Waals surface area contributed by atoms with Crippen LogP contribution >= 0.6 is 0 Å². The lowest BCUT2D eigenvalue weighted by Crippen LogP contribution is -2.38. The third-order valence-corrected chi connectivity index (χ3v) is 6.50. The second-order valence-electron chi connectivity index (χ2n) is 8.54. The predicted molar refractivity (Wildman–Crippen MR) is 128 cm³/mol. The minimum absolute atomic E-state index is 0.385. The van der Waals surface area contributed by atoms with Gasteiger partial charge in [0, 0.05) is 36.3 Å². The Morgan fingerprint density at radius 2 is 1.76 bits per heavy atom. The molecule has 0 spiro atoms. The van der Waals surface area contributed by atoms with Crippen molar-refractivity contribution in [3.8, 4) is 5.75 Å². The van der Waals surface area contributed by atoms with Gasteiger partial charge in [-0.3, -0.25) is 14.5 Å². The van der Waals surface area contributed by atoms with Crippen LogP contribution < -0.4 is 10.1 Å². The first-order chi connectivity index (χ1) is 16.2. The third-order valence-electron chi connectivity index (χ3n) is 6.50. The van der Waals surface area contributed by atoms with E-state index in [1.807, 2.05) is 36.4 Å². The standard InChI is InChI=1S/C27H28N2O4/c30-26(27(31)28-24-10-4-6-19-5-3-9-20(19)24)23-11-12-25(22-8-2-1-7-21(22)23)33-18-15-29-13-16-32-17-14-29/h1-2,4,6-8,10-12H,3,5,9,13-18H2,(H,28,31). The molecular formula is C27H28N2O4. The molecular weight excluding hydrogens is 416 g/mol. The van der Waals surface area contributed by atoms with E-state index in [2.05, 4.69) is 16.3 Å². The van der Waals surface area contributed by atoms with E-state index in [1.165, 1.54) is 5.56 Å². The number of amides is 1. The van der Waals surface area contributed by atoms with Gasteiger partial charge in [-0.25, -0.2) is 0 Å². The van der Waals surface area contributed by atoms with Gasteiger partial charge >= 0.3 is 0 Å². The fraction of sp³-hybridized carbons (Fsp3) is 0.333. The van der Waals surface area contributed by atoms with Crippen molar-refractivity contribution in [2.45, 2.75) is 19.3 Å². The zero-order valence-electron chi connectivity index (χ0n) is 18.6. The van der Waals surface area contributed by atoms with Gasteiger partial charge in [0.05, 0.1) is 13.2 Å². The molecule has 1 saturated heterocycles. The second kappa shape index (κ2) is 9.73. The van der Waals surface area contributed by atoms with E-state index in [9.17, 15) is 9.59 Å². The number of carbonyl (C=O) groups excluding carboxylic acids is 2. The Morgan fingerprint density at radius 3 is 2.61 bits per heavy atom. The predicted octanol–water partition coefficient (Wildman–Crippen LogP) is 3.86. The van der Waals surface area contributed by atoms with E-state index in [0.29, 0.717) is 12.2 Å². The van der Waals surface area contributed by atoms with Gasteiger partial charge in [-0.05, 0) is 54.0 Å². The van der Waals surface area contributed by atoms with Crippen molar-refractivity contribution in [2.75, 3.05) is 44.8 Å². The van der Waals surface area contributed by atoms with Crippen molar-refractivity contribution >= 4 is 28.2 Å². The van der Waals surface area contributed by atoms with E-state index in [4.69, 9.17) is 9.47 Å². The molecule has 1 amide bonds. The number of morpholine rings is 1. The lowest BCUT2D eigenvalue weighted by molar-refractivity contribution is -0.112. The topological polar surface area (TPSA) is 67.9 Å². The molecule has 1 heterocycles. The lowest BCUT2D eigenvalue weighted by atomic mass is 10.00. The quantitative estimate of drug-likeness (QED) is 0.443. The SMILES string of the molecule is O=C(Nc1cccc2c1CCC2)C(=O)c1ccc(OCCN2CCOCC2)c2ccccc12. The summed E-state index contributed by atoms with van der Waals surface area (Å²) in [5.41, 5.74) is 3.53. The van der Waals surface area contributed by atoms with Crippen LogP contribution in [0.1, 0.15) is 27.9 Å². The van der Waals surface area contributed by atoms with E-state index in [-0.39, 0.29) is 0 Å². The lowest BCUT2D eigenvalue weighted by Gasteiger charge is -2.26. The number of benzene rings is 3. The zero-order chi connectivity index (χ0) is 22.6. The Labute approximate surface area is 193 Å². The van der Waals surface area contributed by atoms with Crippen LogP contribution in [0, 0.1) is 0 Å². The first-order valence-electron chi connectivity index (χ1n) is 11.6. The maximum Gasteiger partial charge on any atom is 0.296 e. The van der Waals surface area contributed by atoms with Crippen LogP contribution in [0.5, 0.6) is 5.75 Å². The molecule has 2 aliphatic rings. The van der Waals surface area contributed by atoms with Crippen molar-refractivity contribution in [1.29, 1.82) is 0 Å². The number of hydrogen-bond donors (Lipinski definition) is 1. The van der Waals surface area contributed by atoms with E-state index in [0.717, 1.165) is 79.9 Å². The summed E-state index contributed by atoms with van der Waals surface area (Å²) in [5.74, 6) is -0.431. The third kappa shape index (κ3) is 4.63. The number of fused-ring (bicyclic) bond motifs is 2. The summed E-state index contributed by atoms with van der Waals surface area (Å²) in [6, 6.07) is 17.0. The summed E-state index contributed by atoms with van der Waals surface area (Å²) in [6.45, 7) is 4.72. The maximum atomic E-state index is 13.1. The summed E-state index contributed by atoms with van der Waals surface area (Å²) in [6.07, 6.45) is 3.03. The Bertz CT molecular complexity index is 1180. The molecule has 0 unspecified atom stereocenters. The minimum Gasteiger partial charge on any atom is -0.492 e. The Hall–Kier alpha value is -3.22. The van der Waals surface area contributed by atoms with Crippen LogP contribution in [-0.2, 0) is 22.4 Å². The molecule has 3 aromatic carbocycles. The summed E-state index contributed by atoms with van der Waals surface area (Å²) in [7, 11) is 0. The highest BCUT2D eigenvalue weighted by Crippen LogP contribution is 2.31. The van der Waals surface area contributed by atoms with Crippen molar-refractivity contribution in [3.05, 3.63) is 71.3 Å². The average Bonchev–Trinajstić information content (AvgIpc) is 3.34. The molecule has 1 fully saturated rings. The highest BCUT2D eigenvalue weighted by atomic mass is 16.5. The van der Waals surface area contributed by atoms with E-state index < -0.39 is 11.7 Å². The minimum atomic E-state index is -0.610. The van der Waals surface area contributed by atoms with Crippen molar-refractivity contribution in [3.63, 3.8) is 0 Å². The van der Waals surface area contributed by atoms with Gasteiger partial charge in [0.2, 0.25) is 0 Å². The van der Waals surface area contributed by atoms with Crippen LogP contribution in [0.2, 0.25) is 0 Å². The normalized spacial score (nSPS) is 15.9. The molecule has 0 bridgehead atoms. The van der Waals surface area contributed by atoms with Crippen molar-refractivity contribution in [2.24, 2.45) is 0 Å². The summed E-state index contributed by atoms with van der Waals surface area (Å²) < 4.78 is 11.5. The zero-order valence-corrected chi connectivity index (χ0v) is 18.6. The van der Waals surface area contributed by atoms with Gasteiger partial charge in [-0.2, -0.15) is 0 Å². The largest absolute Gasteiger partial charge is 0.492 e. The second-order valence-corrected chi connectivity index (χ2v) is 8.54. The van der Waals surface area contributed by atoms with Crippen LogP contribution in [0.3, 0.4) is 0 Å². The van der Waals surface area contributed by atoms with Gasteiger partial charge < -0.3 is 14.8 Å². The van der Waals surface area contributed by atoms with Crippen LogP contribution in [0.25, 0.3) is 10.8 Å². The van der Waals surface area contributed by atoms with Crippen LogP contribution in [-0.4, -0.2) is 56.0 Å². The number of aryl methyl sites for hydroxylation is 1. The fourth-order valence-corrected chi connectivity index (χ4v) is 4.74. The number of nitrogens with one attached hydrogen (secondary N) is 1. The first kappa shape index (κ1) is 21.6. The first-order valence-corrected chi connectivity index (χ1v) is 11.6. The average molecular weight is 445 g/mol. The fourth-order valence-electron chi connectivity index (χ4n) is 4.74. The van der Waals surface area contributed by atoms with Crippen LogP contribution in [0.4, 0.5) is 5.69 Å². The molecule has 0 atom stereocenters. The summed E-state index contributed by atoms with van der Waals surface area (Å²) >= 11 is 0. The monoisotopic (exact) mass is 444 g/mol. The summed E-state index contributed by atoms with van der Waals surface area (Å²) in [4.78, 5) is 28.3. The van der Waals surface area contributed by atoms with Gasteiger partial charge in [-0.15, -0.1) is 0 Å². The van der Waals surface area contributed by atoms with Gasteiger partial charge in [0.1, 0.15) is 12.4 Å². The molecule has 0 radical (unpaired) electrons. The van der Waals surface area contributed by atoms with Crippen molar-refractivity contribution in [1.82, 2.24) is 4.90 Å². The molecule has 6 heteroatoms. The smallest absolute Gasteiger partial charge is 0.296 e. The van der Waals surface area contributed by atoms with E-state index in [1.54, 1.807) is 12.1 Å². The number of carbonyl (C=O) groups is 2. The molecule has 3 aromatic rings. The number of ketones is 1. The molecule has 1 aliphatic heterocycles. The Balaban J connectivity index is 1.33. The number of ether oxygens (including phenoxy) is 2. The molecule has 6 nitrogen and oxygen atoms in total. The molecule has 5 rings (SSSR count). The van der Waals surface area contributed by atoms with Gasteiger partial charge in [0.25, 0.3) is 11.7 Å². The maximum absolute atomic E-state index is 13.1. The number of rotatable bonds is 7. The van der Waals surface area contributed by atoms with E-state index >= 15 is 0 Å². The van der Waals surface area contributed by atoms with Gasteiger partial charge in [-0.1, -0.05) is 36.4 Å². The van der Waals surface area contributed by atoms with Crippen LogP contribution in [0.15, 0.2) is 54.6 Å². The molecule has 170 valence electrons. The molecule has 33 heavy (non-hydrogen) atoms. The Kier molecular flexibility index (Phi) is 6.37. The molecule has 0 saturated carbocycles. The van der Waals surface area contributed by atoms with Gasteiger partial charge in [0.15, 0.2) is 0 Å². The highest BCUT2D eigenvalue weighted by molar-refractivity contribution is 6.48. The molecule has 0 aromatic heterocycles. The number of nitrogens with zero attached hydrogens (tertiary/aromatic N) is 1. The number of anilines is 1. The highest BCUT2D eigenvalue weighted by Gasteiger charge is 2.22. The molecule has 1 aliphatic carbocycles.